The number of hydrogen-bond acceptors (Lipinski definition) is 11. The molecule has 2 aromatic rings. The number of aromatic nitrogens is 2. The molecule has 1 saturated heterocycles. The number of H-pyrrole nitrogens is 1. The van der Waals surface area contributed by atoms with Gasteiger partial charge in [0.15, 0.2) is 17.6 Å². The van der Waals surface area contributed by atoms with Crippen LogP contribution in [0.5, 0.6) is 11.5 Å². The van der Waals surface area contributed by atoms with Crippen molar-refractivity contribution in [3.63, 3.8) is 0 Å². The first-order chi connectivity index (χ1) is 20.9. The second-order valence-corrected chi connectivity index (χ2v) is 13.0. The third-order valence-corrected chi connectivity index (χ3v) is 9.10. The summed E-state index contributed by atoms with van der Waals surface area (Å²) in [5.41, 5.74) is 4.88. The summed E-state index contributed by atoms with van der Waals surface area (Å²) in [5.74, 6) is -0.364. The molecule has 1 amide bonds. The number of aromatic amines is 1. The third kappa shape index (κ3) is 4.92. The summed E-state index contributed by atoms with van der Waals surface area (Å²) in [6.45, 7) is 6.02. The maximum absolute atomic E-state index is 13.7. The Balaban J connectivity index is 1.36. The first kappa shape index (κ1) is 30.1. The highest BCUT2D eigenvalue weighted by molar-refractivity contribution is 5.85. The van der Waals surface area contributed by atoms with E-state index in [1.807, 2.05) is 13.1 Å². The Morgan fingerprint density at radius 1 is 1.30 bits per heavy atom. The van der Waals surface area contributed by atoms with Crippen molar-refractivity contribution in [3.05, 3.63) is 53.3 Å². The number of aliphatic hydroxyl groups is 1. The molecule has 1 fully saturated rings. The minimum Gasteiger partial charge on any atom is -0.477 e. The fourth-order valence-electron chi connectivity index (χ4n) is 7.26. The van der Waals surface area contributed by atoms with Gasteiger partial charge in [0.25, 0.3) is 0 Å². The maximum atomic E-state index is 13.7. The number of nitrogens with one attached hydrogen (secondary N) is 2. The van der Waals surface area contributed by atoms with E-state index in [1.54, 1.807) is 39.1 Å². The van der Waals surface area contributed by atoms with Crippen LogP contribution in [-0.4, -0.2) is 87.5 Å². The fraction of sp³-hybridized carbons (Fsp3) is 0.548. The van der Waals surface area contributed by atoms with E-state index < -0.39 is 40.9 Å². The molecule has 0 radical (unpaired) electrons. The van der Waals surface area contributed by atoms with Crippen molar-refractivity contribution in [1.29, 1.82) is 0 Å². The average Bonchev–Trinajstić information content (AvgIpc) is 3.58. The normalized spacial score (nSPS) is 27.4. The van der Waals surface area contributed by atoms with Gasteiger partial charge >= 0.3 is 12.1 Å². The summed E-state index contributed by atoms with van der Waals surface area (Å²) in [4.78, 5) is 48.0. The van der Waals surface area contributed by atoms with Gasteiger partial charge in [-0.3, -0.25) is 4.79 Å². The molecule has 1 aromatic carbocycles. The van der Waals surface area contributed by atoms with Gasteiger partial charge in [0.05, 0.1) is 23.0 Å². The van der Waals surface area contributed by atoms with Crippen LogP contribution in [0.4, 0.5) is 4.79 Å². The zero-order chi connectivity index (χ0) is 31.4. The number of piperidine rings is 1. The molecule has 2 bridgehead atoms. The number of benzene rings is 1. The van der Waals surface area contributed by atoms with Crippen LogP contribution in [-0.2, 0) is 37.3 Å². The number of rotatable bonds is 8. The number of nitrogens with zero attached hydrogens (tertiary/aromatic N) is 2. The Morgan fingerprint density at radius 2 is 2.09 bits per heavy atom. The van der Waals surface area contributed by atoms with E-state index in [0.29, 0.717) is 30.8 Å². The first-order valence-corrected chi connectivity index (χ1v) is 14.9. The minimum atomic E-state index is -1.24. The number of carbonyl (C=O) groups is 3. The number of nitrogens with two attached hydrogens (primary N) is 1. The van der Waals surface area contributed by atoms with Gasteiger partial charge in [-0.2, -0.15) is 0 Å². The number of amides is 1. The lowest BCUT2D eigenvalue weighted by Gasteiger charge is -2.61. The molecule has 2 aliphatic carbocycles. The van der Waals surface area contributed by atoms with Crippen LogP contribution in [0.1, 0.15) is 56.9 Å². The molecule has 236 valence electrons. The van der Waals surface area contributed by atoms with E-state index >= 15 is 0 Å². The molecule has 0 unspecified atom stereocenters. The molecule has 13 heteroatoms. The van der Waals surface area contributed by atoms with Crippen LogP contribution in [0.15, 0.2) is 36.5 Å². The van der Waals surface area contributed by atoms with Gasteiger partial charge in [-0.15, -0.1) is 0 Å². The van der Waals surface area contributed by atoms with Crippen molar-refractivity contribution in [2.75, 3.05) is 20.1 Å². The Hall–Kier alpha value is -3.94. The molecule has 2 aliphatic heterocycles. The van der Waals surface area contributed by atoms with Crippen LogP contribution in [0.3, 0.4) is 0 Å². The molecule has 4 aliphatic rings. The fourth-order valence-corrected chi connectivity index (χ4v) is 7.26. The lowest BCUT2D eigenvalue weighted by molar-refractivity contribution is -0.170. The average molecular weight is 610 g/mol. The summed E-state index contributed by atoms with van der Waals surface area (Å²) < 4.78 is 23.7. The third-order valence-electron chi connectivity index (χ3n) is 9.10. The second-order valence-electron chi connectivity index (χ2n) is 13.0. The first-order valence-electron chi connectivity index (χ1n) is 14.9. The molecular formula is C31H39N5O8. The van der Waals surface area contributed by atoms with Crippen LogP contribution >= 0.6 is 0 Å². The van der Waals surface area contributed by atoms with E-state index in [0.717, 1.165) is 11.1 Å². The molecule has 5 atom stereocenters. The van der Waals surface area contributed by atoms with E-state index in [2.05, 4.69) is 20.2 Å². The van der Waals surface area contributed by atoms with E-state index in [-0.39, 0.29) is 49.3 Å². The summed E-state index contributed by atoms with van der Waals surface area (Å²) in [7, 11) is 2.00. The van der Waals surface area contributed by atoms with Crippen molar-refractivity contribution in [2.24, 2.45) is 5.73 Å². The lowest BCUT2D eigenvalue weighted by atomic mass is 9.50. The maximum Gasteiger partial charge on any atom is 0.514 e. The number of hydrogen-bond donors (Lipinski definition) is 4. The number of ether oxygens (including phenoxy) is 4. The number of likely N-dealkylation sites (tertiary alicyclic amines) is 1. The van der Waals surface area contributed by atoms with Gasteiger partial charge in [-0.1, -0.05) is 6.07 Å². The zero-order valence-electron chi connectivity index (χ0n) is 25.3. The molecule has 5 N–H and O–H groups in total. The molecular weight excluding hydrogens is 570 g/mol. The number of carbonyl (C=O) groups excluding carboxylic acids is 3. The van der Waals surface area contributed by atoms with E-state index in [9.17, 15) is 19.5 Å². The van der Waals surface area contributed by atoms with E-state index in [1.165, 1.54) is 6.33 Å². The van der Waals surface area contributed by atoms with Crippen molar-refractivity contribution in [3.8, 4) is 11.5 Å². The van der Waals surface area contributed by atoms with Gasteiger partial charge in [0.1, 0.15) is 17.4 Å². The smallest absolute Gasteiger partial charge is 0.477 e. The highest BCUT2D eigenvalue weighted by Crippen LogP contribution is 2.65. The van der Waals surface area contributed by atoms with Crippen molar-refractivity contribution in [2.45, 2.75) is 87.7 Å². The number of esters is 1. The molecule has 13 nitrogen and oxygen atoms in total. The standard InChI is InChI=1S/C31H39N5O8/c1-29(2,3)44-28(39)42-20-6-5-17-13-22-31(40)9-7-21(26-30(31,10-12-36(22)4)24(17)25(20)43-26)41-27(38)19(35-23(37)8-11-32)14-18-15-33-16-34-18/h5-7,15-16,19,22,26,40H,8-14,32H2,1-4H3,(H,33,34)(H,35,37)/t19-,22+,26-,30-,31+/m0/s1. The molecule has 1 aromatic heterocycles. The van der Waals surface area contributed by atoms with Crippen LogP contribution in [0.25, 0.3) is 0 Å². The van der Waals surface area contributed by atoms with Gasteiger partial charge in [0, 0.05) is 43.6 Å². The molecule has 1 spiro atoms. The van der Waals surface area contributed by atoms with Gasteiger partial charge in [0.2, 0.25) is 5.91 Å². The van der Waals surface area contributed by atoms with Gasteiger partial charge in [-0.25, -0.2) is 14.6 Å². The predicted octanol–water partition coefficient (Wildman–Crippen LogP) is 1.62. The second kappa shape index (κ2) is 10.9. The van der Waals surface area contributed by atoms with Crippen molar-refractivity contribution in [1.82, 2.24) is 20.2 Å². The quantitative estimate of drug-likeness (QED) is 0.252. The Labute approximate surface area is 255 Å². The molecule has 6 rings (SSSR count). The summed E-state index contributed by atoms with van der Waals surface area (Å²) >= 11 is 0. The highest BCUT2D eigenvalue weighted by atomic mass is 16.7. The zero-order valence-corrected chi connectivity index (χ0v) is 25.3. The van der Waals surface area contributed by atoms with Crippen molar-refractivity contribution >= 4 is 18.0 Å². The number of likely N-dealkylation sites (N-methyl/N-ethyl adjacent to an activating group) is 1. The summed E-state index contributed by atoms with van der Waals surface area (Å²) in [5, 5.41) is 15.2. The van der Waals surface area contributed by atoms with Gasteiger partial charge in [-0.05, 0) is 64.9 Å². The Morgan fingerprint density at radius 3 is 2.80 bits per heavy atom. The largest absolute Gasteiger partial charge is 0.514 e. The topological polar surface area (TPSA) is 178 Å². The summed E-state index contributed by atoms with van der Waals surface area (Å²) in [6.07, 6.45) is 4.49. The minimum absolute atomic E-state index is 0.0440. The molecule has 3 heterocycles. The van der Waals surface area contributed by atoms with Crippen LogP contribution in [0, 0.1) is 0 Å². The van der Waals surface area contributed by atoms with Crippen LogP contribution < -0.4 is 20.5 Å². The van der Waals surface area contributed by atoms with Crippen LogP contribution in [0.2, 0.25) is 0 Å². The van der Waals surface area contributed by atoms with Crippen molar-refractivity contribution < 1.29 is 38.4 Å². The predicted molar refractivity (Wildman–Crippen MR) is 156 cm³/mol. The van der Waals surface area contributed by atoms with Gasteiger partial charge < -0.3 is 45.0 Å². The lowest BCUT2D eigenvalue weighted by Crippen LogP contribution is -2.74. The SMILES string of the molecule is CN1CC[C@]23c4c5ccc(OC(=O)OC(C)(C)C)c4O[C@H]2C(OC(=O)[C@H](Cc2c[nH]cn2)NC(=O)CCN)=CC[C@@]3(O)[C@H]1C5. The Kier molecular flexibility index (Phi) is 7.45. The Bertz CT molecular complexity index is 1500. The van der Waals surface area contributed by atoms with E-state index in [4.69, 9.17) is 24.7 Å². The molecule has 0 saturated carbocycles. The summed E-state index contributed by atoms with van der Waals surface area (Å²) in [6, 6.07) is 2.32. The highest BCUT2D eigenvalue weighted by Gasteiger charge is 2.72. The number of imidazole rings is 1. The monoisotopic (exact) mass is 609 g/mol. The molecule has 44 heavy (non-hydrogen) atoms.